The second-order valence-electron chi connectivity index (χ2n) is 8.18. The van der Waals surface area contributed by atoms with Gasteiger partial charge >= 0.3 is 18.3 Å². The molecule has 1 saturated heterocycles. The Morgan fingerprint density at radius 3 is 2.24 bits per heavy atom. The second kappa shape index (κ2) is 8.30. The van der Waals surface area contributed by atoms with Crippen molar-refractivity contribution in [2.45, 2.75) is 54.9 Å². The summed E-state index contributed by atoms with van der Waals surface area (Å²) in [5.41, 5.74) is -3.46. The minimum Gasteiger partial charge on any atom is -0.593 e. The lowest BCUT2D eigenvalue weighted by atomic mass is 9.98. The molecule has 2 aromatic rings. The van der Waals surface area contributed by atoms with Gasteiger partial charge in [0.05, 0.1) is 17.7 Å². The highest BCUT2D eigenvalue weighted by atomic mass is 32.3. The molecule has 3 unspecified atom stereocenters. The van der Waals surface area contributed by atoms with Crippen molar-refractivity contribution < 1.29 is 45.0 Å². The Hall–Kier alpha value is -2.52. The molecule has 4 rings (SSSR count). The molecule has 1 N–H and O–H groups in total. The van der Waals surface area contributed by atoms with Crippen LogP contribution < -0.4 is 0 Å². The van der Waals surface area contributed by atoms with Crippen LogP contribution in [0.4, 0.5) is 26.3 Å². The number of benzene rings is 1. The van der Waals surface area contributed by atoms with E-state index in [1.807, 2.05) is 0 Å². The summed E-state index contributed by atoms with van der Waals surface area (Å²) >= 11 is 0. The maximum Gasteiger partial charge on any atom is 0.416 e. The number of hydrogen-bond acceptors (Lipinski definition) is 5. The summed E-state index contributed by atoms with van der Waals surface area (Å²) in [5, 5.41) is 17.4. The number of halogens is 6. The first-order valence-electron chi connectivity index (χ1n) is 10.2. The van der Waals surface area contributed by atoms with Gasteiger partial charge in [-0.15, -0.1) is 14.5 Å². The van der Waals surface area contributed by atoms with Crippen LogP contribution >= 0.6 is 0 Å². The van der Waals surface area contributed by atoms with Crippen LogP contribution in [0.3, 0.4) is 0 Å². The van der Waals surface area contributed by atoms with Crippen LogP contribution in [0.1, 0.15) is 54.0 Å². The van der Waals surface area contributed by atoms with Gasteiger partial charge < -0.3 is 14.2 Å². The van der Waals surface area contributed by atoms with Gasteiger partial charge in [-0.25, -0.2) is 4.79 Å². The molecule has 1 aromatic heterocycles. The average molecular weight is 512 g/mol. The molecule has 1 aromatic carbocycles. The summed E-state index contributed by atoms with van der Waals surface area (Å²) in [6, 6.07) is -0.694. The van der Waals surface area contributed by atoms with Crippen LogP contribution in [0.5, 0.6) is 0 Å². The van der Waals surface area contributed by atoms with Crippen molar-refractivity contribution in [3.05, 3.63) is 41.0 Å². The fourth-order valence-electron chi connectivity index (χ4n) is 4.35. The van der Waals surface area contributed by atoms with Gasteiger partial charge in [-0.2, -0.15) is 26.3 Å². The number of rotatable bonds is 4. The maximum atomic E-state index is 13.2. The molecule has 0 spiro atoms. The summed E-state index contributed by atoms with van der Waals surface area (Å²) in [6.07, 6.45) is -9.09. The van der Waals surface area contributed by atoms with Crippen molar-refractivity contribution in [2.75, 3.05) is 13.1 Å². The number of aliphatic carboxylic acids is 1. The Kier molecular flexibility index (Phi) is 6.01. The highest BCUT2D eigenvalue weighted by Gasteiger charge is 2.43. The Bertz CT molecular complexity index is 1130. The zero-order chi connectivity index (χ0) is 25.1. The van der Waals surface area contributed by atoms with E-state index in [1.165, 1.54) is 4.57 Å². The highest BCUT2D eigenvalue weighted by Crippen LogP contribution is 2.40. The molecule has 15 heteroatoms. The fourth-order valence-corrected chi connectivity index (χ4v) is 5.95. The number of piperidine rings is 1. The molecule has 1 fully saturated rings. The van der Waals surface area contributed by atoms with Crippen LogP contribution in [0.2, 0.25) is 0 Å². The number of alkyl halides is 6. The molecule has 0 radical (unpaired) electrons. The van der Waals surface area contributed by atoms with Gasteiger partial charge in [-0.1, -0.05) is 4.21 Å². The monoisotopic (exact) mass is 512 g/mol. The van der Waals surface area contributed by atoms with Crippen LogP contribution in [-0.4, -0.2) is 47.8 Å². The number of carboxylic acids is 1. The molecule has 34 heavy (non-hydrogen) atoms. The summed E-state index contributed by atoms with van der Waals surface area (Å²) in [5.74, 6) is -1.07. The van der Waals surface area contributed by atoms with Gasteiger partial charge in [-0.05, 0) is 25.3 Å². The summed E-state index contributed by atoms with van der Waals surface area (Å²) in [6.45, 7) is -0.413. The number of carbonyl (C=O) groups is 1. The molecule has 0 saturated carbocycles. The molecule has 2 aliphatic heterocycles. The smallest absolute Gasteiger partial charge is 0.416 e. The quantitative estimate of drug-likeness (QED) is 0.494. The normalized spacial score (nSPS) is 23.5. The average Bonchev–Trinajstić information content (AvgIpc) is 3.34. The summed E-state index contributed by atoms with van der Waals surface area (Å²) < 4.78 is 108. The van der Waals surface area contributed by atoms with Gasteiger partial charge in [0.15, 0.2) is 15.3 Å². The van der Waals surface area contributed by atoms with Crippen LogP contribution in [0.25, 0.3) is 0 Å². The molecule has 3 heterocycles. The van der Waals surface area contributed by atoms with Crippen molar-refractivity contribution in [3.63, 3.8) is 0 Å². The highest BCUT2D eigenvalue weighted by molar-refractivity contribution is 7.95. The lowest BCUT2D eigenvalue weighted by Gasteiger charge is -2.34. The van der Waals surface area contributed by atoms with E-state index >= 15 is 0 Å². The van der Waals surface area contributed by atoms with Crippen molar-refractivity contribution in [1.82, 2.24) is 19.1 Å². The van der Waals surface area contributed by atoms with E-state index in [9.17, 15) is 45.0 Å². The fraction of sp³-hybridized carbons (Fsp3) is 0.526. The lowest BCUT2D eigenvalue weighted by Crippen LogP contribution is -2.43. The Morgan fingerprint density at radius 2 is 1.68 bits per heavy atom. The molecule has 186 valence electrons. The third-order valence-corrected chi connectivity index (χ3v) is 7.82. The van der Waals surface area contributed by atoms with E-state index in [0.29, 0.717) is 18.7 Å². The lowest BCUT2D eigenvalue weighted by molar-refractivity contribution is -0.143. The van der Waals surface area contributed by atoms with Gasteiger partial charge in [-0.3, -0.25) is 0 Å². The third kappa shape index (κ3) is 4.43. The molecule has 0 aliphatic carbocycles. The number of carboxylic acid groups (broad SMARTS) is 1. The topological polar surface area (TPSA) is 111 Å². The minimum atomic E-state index is -5.19. The molecule has 3 atom stereocenters. The van der Waals surface area contributed by atoms with E-state index < -0.39 is 56.7 Å². The van der Waals surface area contributed by atoms with E-state index in [1.54, 1.807) is 0 Å². The molecule has 8 nitrogen and oxygen atoms in total. The van der Waals surface area contributed by atoms with E-state index in [-0.39, 0.29) is 50.0 Å². The number of aromatic nitrogens is 3. The SMILES string of the molecule is O=C(O)C1CCc2nnc(C3CCCN([S+](=O)([O-])c4cc(C(F)(F)F)cc(C(F)(F)F)c4)C3)n21. The number of aryl methyl sites for hydroxylation is 1. The molecule has 2 aliphatic rings. The van der Waals surface area contributed by atoms with Gasteiger partial charge in [0.25, 0.3) is 0 Å². The van der Waals surface area contributed by atoms with Crippen LogP contribution in [0.15, 0.2) is 23.1 Å². The van der Waals surface area contributed by atoms with Gasteiger partial charge in [0, 0.05) is 31.0 Å². The second-order valence-corrected chi connectivity index (χ2v) is 10.1. The molecule has 0 amide bonds. The Balaban J connectivity index is 1.68. The van der Waals surface area contributed by atoms with Crippen LogP contribution in [0, 0.1) is 0 Å². The van der Waals surface area contributed by atoms with Crippen molar-refractivity contribution in [1.29, 1.82) is 0 Å². The number of hydrogen-bond donors (Lipinski definition) is 1. The van der Waals surface area contributed by atoms with Gasteiger partial charge in [0.1, 0.15) is 17.7 Å². The minimum absolute atomic E-state index is 0.125. The predicted molar refractivity (Wildman–Crippen MR) is 102 cm³/mol. The van der Waals surface area contributed by atoms with Crippen molar-refractivity contribution in [2.24, 2.45) is 0 Å². The van der Waals surface area contributed by atoms with Crippen molar-refractivity contribution in [3.8, 4) is 0 Å². The van der Waals surface area contributed by atoms with Crippen LogP contribution in [-0.2, 0) is 38.2 Å². The first-order chi connectivity index (χ1) is 15.7. The van der Waals surface area contributed by atoms with E-state index in [4.69, 9.17) is 0 Å². The summed E-state index contributed by atoms with van der Waals surface area (Å²) in [4.78, 5) is 10.4. The summed E-state index contributed by atoms with van der Waals surface area (Å²) in [7, 11) is -4.74. The Labute approximate surface area is 190 Å². The third-order valence-electron chi connectivity index (χ3n) is 5.98. The predicted octanol–water partition coefficient (Wildman–Crippen LogP) is 3.67. The molecular formula is C19H18F6N4O4S. The number of fused-ring (bicyclic) bond motifs is 1. The largest absolute Gasteiger partial charge is 0.593 e. The number of sulfonamides is 1. The standard InChI is InChI=1S/C19H18F6N4O4S/c20-18(21,22)11-6-12(19(23,24)25)8-13(7-11)34(32,33)28-5-1-2-10(9-28)16-27-26-15-4-3-14(17(30)31)29(15)16/h6-8,10,14H,1-5,9H2,(H-,30,31,32,33). The molecule has 0 bridgehead atoms. The van der Waals surface area contributed by atoms with Crippen molar-refractivity contribution >= 4 is 16.4 Å². The Morgan fingerprint density at radius 1 is 1.06 bits per heavy atom. The first-order valence-corrected chi connectivity index (χ1v) is 11.6. The zero-order valence-corrected chi connectivity index (χ0v) is 18.1. The number of nitrogens with zero attached hydrogens (tertiary/aromatic N) is 4. The van der Waals surface area contributed by atoms with Gasteiger partial charge in [0.2, 0.25) is 0 Å². The maximum absolute atomic E-state index is 13.2. The molecular weight excluding hydrogens is 494 g/mol. The van der Waals surface area contributed by atoms with E-state index in [2.05, 4.69) is 10.2 Å². The van der Waals surface area contributed by atoms with E-state index in [0.717, 1.165) is 4.31 Å². The first kappa shape index (κ1) is 24.6. The zero-order valence-electron chi connectivity index (χ0n) is 17.3.